The molecule has 3 heterocycles. The first-order valence-corrected chi connectivity index (χ1v) is 10.5. The first kappa shape index (κ1) is 16.7. The molecule has 2 atom stereocenters. The van der Waals surface area contributed by atoms with Crippen molar-refractivity contribution in [1.29, 1.82) is 0 Å². The number of benzene rings is 1. The molecule has 0 radical (unpaired) electrons. The average molecular weight is 357 g/mol. The summed E-state index contributed by atoms with van der Waals surface area (Å²) in [5.74, 6) is 0. The Kier molecular flexibility index (Phi) is 4.14. The molecule has 1 saturated heterocycles. The molecule has 4 rings (SSSR count). The fourth-order valence-corrected chi connectivity index (χ4v) is 5.28. The number of hydrogen-bond donors (Lipinski definition) is 0. The van der Waals surface area contributed by atoms with Gasteiger partial charge in [-0.3, -0.25) is 9.88 Å². The van der Waals surface area contributed by atoms with Crippen molar-refractivity contribution in [3.05, 3.63) is 59.9 Å². The third-order valence-electron chi connectivity index (χ3n) is 5.44. The highest BCUT2D eigenvalue weighted by molar-refractivity contribution is 7.98. The van der Waals surface area contributed by atoms with Crippen LogP contribution in [0.3, 0.4) is 0 Å². The van der Waals surface area contributed by atoms with Crippen molar-refractivity contribution in [2.24, 2.45) is 0 Å². The number of anilines is 1. The highest BCUT2D eigenvalue weighted by Crippen LogP contribution is 2.42. The quantitative estimate of drug-likeness (QED) is 0.793. The summed E-state index contributed by atoms with van der Waals surface area (Å²) in [5, 5.41) is 0. The Morgan fingerprint density at radius 2 is 2.04 bits per heavy atom. The molecule has 2 aromatic rings. The topological polar surface area (TPSA) is 59.5 Å². The summed E-state index contributed by atoms with van der Waals surface area (Å²) in [6.45, 7) is 2.27. The van der Waals surface area contributed by atoms with E-state index in [1.807, 2.05) is 42.6 Å². The third kappa shape index (κ3) is 3.10. The van der Waals surface area contributed by atoms with Crippen molar-refractivity contribution in [1.82, 2.24) is 9.88 Å². The van der Waals surface area contributed by atoms with Gasteiger partial charge in [0.2, 0.25) is 0 Å². The molecular formula is C19H23N3O2S. The number of fused-ring (bicyclic) bond motifs is 1. The molecule has 0 saturated carbocycles. The molecule has 1 fully saturated rings. The van der Waals surface area contributed by atoms with Crippen LogP contribution in [0.15, 0.2) is 48.7 Å². The normalized spacial score (nSPS) is 25.8. The van der Waals surface area contributed by atoms with E-state index in [0.717, 1.165) is 49.3 Å². The molecule has 2 aliphatic heterocycles. The Bertz CT molecular complexity index is 807. The number of pyridine rings is 1. The van der Waals surface area contributed by atoms with E-state index in [-0.39, 0.29) is 5.54 Å². The number of rotatable bonds is 3. The molecule has 132 valence electrons. The van der Waals surface area contributed by atoms with Gasteiger partial charge in [0, 0.05) is 18.3 Å². The smallest absolute Gasteiger partial charge is 0.145 e. The Balaban J connectivity index is 1.70. The van der Waals surface area contributed by atoms with Gasteiger partial charge < -0.3 is 4.55 Å². The van der Waals surface area contributed by atoms with Gasteiger partial charge in [-0.05, 0) is 49.6 Å². The molecule has 1 spiro atoms. The summed E-state index contributed by atoms with van der Waals surface area (Å²) >= 11 is 0. The molecule has 6 heteroatoms. The van der Waals surface area contributed by atoms with Crippen LogP contribution in [0.2, 0.25) is 0 Å². The molecule has 5 nitrogen and oxygen atoms in total. The minimum atomic E-state index is -3.31. The van der Waals surface area contributed by atoms with Crippen LogP contribution in [-0.4, -0.2) is 39.3 Å². The molecule has 2 unspecified atom stereocenters. The van der Waals surface area contributed by atoms with Crippen molar-refractivity contribution in [2.75, 3.05) is 23.7 Å². The van der Waals surface area contributed by atoms with Crippen LogP contribution in [0.5, 0.6) is 0 Å². The summed E-state index contributed by atoms with van der Waals surface area (Å²) in [5.41, 5.74) is 2.84. The summed E-state index contributed by atoms with van der Waals surface area (Å²) in [4.78, 5) is 6.89. The monoisotopic (exact) mass is 357 g/mol. The standard InChI is InChI=1S/C19H23N3O2S/c1-25(23,24)22-15-19(13-16-7-2-3-9-18(16)22)10-6-12-21(19)14-17-8-4-5-11-20-17/h2-5,7-9,11H,6,10,12-15H2,1H3. The van der Waals surface area contributed by atoms with Crippen molar-refractivity contribution in [3.63, 3.8) is 0 Å². The molecular weight excluding hydrogens is 334 g/mol. The van der Waals surface area contributed by atoms with Gasteiger partial charge >= 0.3 is 0 Å². The third-order valence-corrected chi connectivity index (χ3v) is 6.56. The van der Waals surface area contributed by atoms with Crippen molar-refractivity contribution in [2.45, 2.75) is 31.3 Å². The van der Waals surface area contributed by atoms with Crippen LogP contribution in [0, 0.1) is 0 Å². The van der Waals surface area contributed by atoms with Gasteiger partial charge in [0.15, 0.2) is 0 Å². The van der Waals surface area contributed by atoms with Gasteiger partial charge in [-0.1, -0.05) is 28.5 Å². The molecule has 0 N–H and O–H groups in total. The van der Waals surface area contributed by atoms with Gasteiger partial charge in [0.25, 0.3) is 0 Å². The van der Waals surface area contributed by atoms with E-state index in [4.69, 9.17) is 0 Å². The molecule has 1 aromatic heterocycles. The number of aromatic nitrogens is 1. The zero-order chi connectivity index (χ0) is 17.5. The molecule has 25 heavy (non-hydrogen) atoms. The SMILES string of the molecule is C[S+](=O)([O-])N1CC2(CCCN2Cc2ccccn2)Cc2ccccc21. The fraction of sp³-hybridized carbons (Fsp3) is 0.421. The first-order valence-electron chi connectivity index (χ1n) is 8.69. The number of sulfonamides is 1. The second kappa shape index (κ2) is 6.20. The molecule has 0 bridgehead atoms. The van der Waals surface area contributed by atoms with E-state index >= 15 is 0 Å². The lowest BCUT2D eigenvalue weighted by atomic mass is 9.84. The van der Waals surface area contributed by atoms with Gasteiger partial charge in [0.1, 0.15) is 16.7 Å². The van der Waals surface area contributed by atoms with Gasteiger partial charge in [-0.2, -0.15) is 4.31 Å². The zero-order valence-electron chi connectivity index (χ0n) is 14.4. The van der Waals surface area contributed by atoms with E-state index in [9.17, 15) is 8.76 Å². The van der Waals surface area contributed by atoms with Crippen LogP contribution in [0.1, 0.15) is 24.1 Å². The molecule has 0 aliphatic carbocycles. The summed E-state index contributed by atoms with van der Waals surface area (Å²) in [7, 11) is -3.31. The van der Waals surface area contributed by atoms with Crippen molar-refractivity contribution < 1.29 is 8.76 Å². The second-order valence-corrected chi connectivity index (χ2v) is 9.05. The second-order valence-electron chi connectivity index (χ2n) is 7.15. The summed E-state index contributed by atoms with van der Waals surface area (Å²) in [6.07, 6.45) is 6.12. The molecule has 2 aliphatic rings. The van der Waals surface area contributed by atoms with Gasteiger partial charge in [-0.25, -0.2) is 0 Å². The minimum absolute atomic E-state index is 0.144. The Hall–Kier alpha value is -1.76. The predicted octanol–water partition coefficient (Wildman–Crippen LogP) is 2.65. The molecule has 1 aromatic carbocycles. The minimum Gasteiger partial charge on any atom is -0.593 e. The predicted molar refractivity (Wildman–Crippen MR) is 98.9 cm³/mol. The number of likely N-dealkylation sites (tertiary alicyclic amines) is 1. The lowest BCUT2D eigenvalue weighted by Crippen LogP contribution is -2.58. The average Bonchev–Trinajstić information content (AvgIpc) is 2.96. The Morgan fingerprint density at radius 1 is 1.24 bits per heavy atom. The van der Waals surface area contributed by atoms with E-state index in [0.29, 0.717) is 6.54 Å². The van der Waals surface area contributed by atoms with Gasteiger partial charge in [0.05, 0.1) is 17.9 Å². The van der Waals surface area contributed by atoms with Crippen LogP contribution >= 0.6 is 0 Å². The number of para-hydroxylation sites is 1. The maximum absolute atomic E-state index is 12.4. The number of hydrogen-bond acceptors (Lipinski definition) is 4. The largest absolute Gasteiger partial charge is 0.593 e. The van der Waals surface area contributed by atoms with E-state index < -0.39 is 10.4 Å². The van der Waals surface area contributed by atoms with E-state index in [1.54, 1.807) is 4.31 Å². The Labute approximate surface area is 150 Å². The van der Waals surface area contributed by atoms with Gasteiger partial charge in [-0.15, -0.1) is 0 Å². The lowest BCUT2D eigenvalue weighted by molar-refractivity contribution is 0.131. The van der Waals surface area contributed by atoms with Crippen LogP contribution < -0.4 is 4.31 Å². The lowest BCUT2D eigenvalue weighted by Gasteiger charge is -2.46. The molecule has 0 amide bonds. The van der Waals surface area contributed by atoms with Crippen molar-refractivity contribution >= 4 is 16.1 Å². The maximum Gasteiger partial charge on any atom is 0.145 e. The van der Waals surface area contributed by atoms with Crippen LogP contribution in [-0.2, 0) is 27.6 Å². The maximum atomic E-state index is 12.4. The highest BCUT2D eigenvalue weighted by Gasteiger charge is 2.48. The van der Waals surface area contributed by atoms with Crippen molar-refractivity contribution in [3.8, 4) is 0 Å². The highest BCUT2D eigenvalue weighted by atomic mass is 32.3. The number of nitrogens with zero attached hydrogens (tertiary/aromatic N) is 3. The van der Waals surface area contributed by atoms with E-state index in [1.165, 1.54) is 6.26 Å². The summed E-state index contributed by atoms with van der Waals surface area (Å²) < 4.78 is 26.5. The van der Waals surface area contributed by atoms with E-state index in [2.05, 4.69) is 16.0 Å². The fourth-order valence-electron chi connectivity index (χ4n) is 4.27. The van der Waals surface area contributed by atoms with Crippen LogP contribution in [0.4, 0.5) is 5.69 Å². The summed E-state index contributed by atoms with van der Waals surface area (Å²) in [6, 6.07) is 13.9. The Morgan fingerprint density at radius 3 is 2.80 bits per heavy atom. The first-order chi connectivity index (χ1) is 12.0. The zero-order valence-corrected chi connectivity index (χ0v) is 15.2. The van der Waals surface area contributed by atoms with Crippen LogP contribution in [0.25, 0.3) is 0 Å².